The number of nitrogens with one attached hydrogen (secondary N) is 1. The van der Waals surface area contributed by atoms with Crippen LogP contribution in [0.25, 0.3) is 0 Å². The second-order valence-corrected chi connectivity index (χ2v) is 6.05. The molecule has 1 heterocycles. The van der Waals surface area contributed by atoms with Crippen LogP contribution >= 0.6 is 22.9 Å². The number of likely N-dealkylation sites (N-methyl/N-ethyl adjacent to an activating group) is 1. The van der Waals surface area contributed by atoms with E-state index in [1.54, 1.807) is 11.3 Å². The van der Waals surface area contributed by atoms with E-state index < -0.39 is 0 Å². The van der Waals surface area contributed by atoms with Gasteiger partial charge < -0.3 is 10.1 Å². The summed E-state index contributed by atoms with van der Waals surface area (Å²) in [7, 11) is 1.98. The lowest BCUT2D eigenvalue weighted by Gasteiger charge is -2.16. The predicted octanol–water partition coefficient (Wildman–Crippen LogP) is 4.30. The van der Waals surface area contributed by atoms with Gasteiger partial charge in [0.2, 0.25) is 0 Å². The van der Waals surface area contributed by atoms with Gasteiger partial charge in [-0.2, -0.15) is 0 Å². The zero-order valence-corrected chi connectivity index (χ0v) is 12.7. The molecule has 19 heavy (non-hydrogen) atoms. The van der Waals surface area contributed by atoms with Crippen molar-refractivity contribution < 1.29 is 4.74 Å². The van der Waals surface area contributed by atoms with Gasteiger partial charge >= 0.3 is 0 Å². The van der Waals surface area contributed by atoms with Crippen LogP contribution in [0.5, 0.6) is 5.75 Å². The first-order valence-electron chi connectivity index (χ1n) is 6.37. The second kappa shape index (κ2) is 6.94. The Morgan fingerprint density at radius 3 is 2.47 bits per heavy atom. The lowest BCUT2D eigenvalue weighted by molar-refractivity contribution is 0.340. The Hall–Kier alpha value is -1.03. The summed E-state index contributed by atoms with van der Waals surface area (Å²) < 4.78 is 6.30. The molecule has 1 unspecified atom stereocenters. The first-order chi connectivity index (χ1) is 9.22. The largest absolute Gasteiger partial charge is 0.494 e. The van der Waals surface area contributed by atoms with Crippen LogP contribution in [0.1, 0.15) is 23.4 Å². The van der Waals surface area contributed by atoms with Crippen molar-refractivity contribution in [3.63, 3.8) is 0 Å². The van der Waals surface area contributed by atoms with E-state index in [1.165, 1.54) is 10.4 Å². The molecule has 0 aliphatic carbocycles. The van der Waals surface area contributed by atoms with Gasteiger partial charge in [-0.05, 0) is 43.8 Å². The Kier molecular flexibility index (Phi) is 5.25. The van der Waals surface area contributed by atoms with Crippen molar-refractivity contribution in [2.75, 3.05) is 13.7 Å². The summed E-state index contributed by atoms with van der Waals surface area (Å²) in [6.07, 6.45) is 0.946. The highest BCUT2D eigenvalue weighted by Gasteiger charge is 2.11. The Labute approximate surface area is 123 Å². The minimum Gasteiger partial charge on any atom is -0.494 e. The van der Waals surface area contributed by atoms with Gasteiger partial charge in [-0.25, -0.2) is 0 Å². The van der Waals surface area contributed by atoms with E-state index in [0.717, 1.165) is 16.5 Å². The predicted molar refractivity (Wildman–Crippen MR) is 82.4 cm³/mol. The fourth-order valence-corrected chi connectivity index (χ4v) is 3.15. The molecular formula is C15H18ClNOS. The molecule has 1 N–H and O–H groups in total. The average Bonchev–Trinajstić information content (AvgIpc) is 2.83. The van der Waals surface area contributed by atoms with Gasteiger partial charge in [0.15, 0.2) is 0 Å². The van der Waals surface area contributed by atoms with Crippen LogP contribution in [0.3, 0.4) is 0 Å². The topological polar surface area (TPSA) is 21.3 Å². The molecule has 0 aliphatic rings. The van der Waals surface area contributed by atoms with Crippen molar-refractivity contribution in [1.29, 1.82) is 0 Å². The zero-order chi connectivity index (χ0) is 13.7. The van der Waals surface area contributed by atoms with Gasteiger partial charge in [0.1, 0.15) is 5.75 Å². The van der Waals surface area contributed by atoms with E-state index in [0.29, 0.717) is 12.6 Å². The highest BCUT2D eigenvalue weighted by Crippen LogP contribution is 2.27. The van der Waals surface area contributed by atoms with E-state index in [9.17, 15) is 0 Å². The number of rotatable bonds is 6. The highest BCUT2D eigenvalue weighted by molar-refractivity contribution is 7.16. The van der Waals surface area contributed by atoms with Crippen LogP contribution in [-0.4, -0.2) is 13.7 Å². The first kappa shape index (κ1) is 14.4. The molecule has 0 spiro atoms. The second-order valence-electron chi connectivity index (χ2n) is 4.25. The lowest BCUT2D eigenvalue weighted by Crippen LogP contribution is -2.18. The van der Waals surface area contributed by atoms with E-state index >= 15 is 0 Å². The smallest absolute Gasteiger partial charge is 0.119 e. The van der Waals surface area contributed by atoms with E-state index in [1.807, 2.05) is 32.2 Å². The maximum Gasteiger partial charge on any atom is 0.119 e. The summed E-state index contributed by atoms with van der Waals surface area (Å²) in [5.41, 5.74) is 1.26. The van der Waals surface area contributed by atoms with E-state index in [4.69, 9.17) is 16.3 Å². The van der Waals surface area contributed by atoms with Gasteiger partial charge in [0.25, 0.3) is 0 Å². The number of benzene rings is 1. The number of hydrogen-bond acceptors (Lipinski definition) is 3. The van der Waals surface area contributed by atoms with Gasteiger partial charge in [-0.15, -0.1) is 11.3 Å². The molecule has 0 fully saturated rings. The highest BCUT2D eigenvalue weighted by atomic mass is 35.5. The summed E-state index contributed by atoms with van der Waals surface area (Å²) in [6.45, 7) is 2.69. The Morgan fingerprint density at radius 2 is 1.95 bits per heavy atom. The van der Waals surface area contributed by atoms with Crippen LogP contribution < -0.4 is 10.1 Å². The van der Waals surface area contributed by atoms with Crippen LogP contribution in [0.15, 0.2) is 36.4 Å². The van der Waals surface area contributed by atoms with Crippen molar-refractivity contribution in [3.8, 4) is 5.75 Å². The Bertz CT molecular complexity index is 509. The lowest BCUT2D eigenvalue weighted by atomic mass is 10.0. The summed E-state index contributed by atoms with van der Waals surface area (Å²) in [5.74, 6) is 0.917. The number of ether oxygens (including phenoxy) is 1. The van der Waals surface area contributed by atoms with Crippen LogP contribution in [0.2, 0.25) is 4.34 Å². The molecule has 0 radical (unpaired) electrons. The SMILES string of the molecule is CCOc1ccc(C(Cc2ccc(Cl)s2)NC)cc1. The summed E-state index contributed by atoms with van der Waals surface area (Å²) in [6, 6.07) is 12.6. The molecule has 1 atom stereocenters. The molecular weight excluding hydrogens is 278 g/mol. The molecule has 0 saturated heterocycles. The Morgan fingerprint density at radius 1 is 1.21 bits per heavy atom. The van der Waals surface area contributed by atoms with E-state index in [-0.39, 0.29) is 0 Å². The third kappa shape index (κ3) is 3.96. The molecule has 0 aliphatic heterocycles. The molecule has 2 rings (SSSR count). The fraction of sp³-hybridized carbons (Fsp3) is 0.333. The number of halogens is 1. The normalized spacial score (nSPS) is 12.4. The van der Waals surface area contributed by atoms with Gasteiger partial charge in [0.05, 0.1) is 10.9 Å². The number of thiophene rings is 1. The summed E-state index contributed by atoms with van der Waals surface area (Å²) in [4.78, 5) is 1.29. The third-order valence-electron chi connectivity index (χ3n) is 2.98. The molecule has 1 aromatic heterocycles. The molecule has 4 heteroatoms. The fourth-order valence-electron chi connectivity index (χ4n) is 2.01. The van der Waals surface area contributed by atoms with Gasteiger partial charge in [0, 0.05) is 17.3 Å². The minimum absolute atomic E-state index is 0.297. The Balaban J connectivity index is 2.08. The molecule has 2 nitrogen and oxygen atoms in total. The molecule has 102 valence electrons. The van der Waals surface area contributed by atoms with Crippen molar-refractivity contribution >= 4 is 22.9 Å². The number of hydrogen-bond donors (Lipinski definition) is 1. The molecule has 0 saturated carbocycles. The standard InChI is InChI=1S/C15H18ClNOS/c1-3-18-12-6-4-11(5-7-12)14(17-2)10-13-8-9-15(16)19-13/h4-9,14,17H,3,10H2,1-2H3. The monoisotopic (exact) mass is 295 g/mol. The first-order valence-corrected chi connectivity index (χ1v) is 7.56. The van der Waals surface area contributed by atoms with Crippen LogP contribution in [-0.2, 0) is 6.42 Å². The maximum atomic E-state index is 5.97. The van der Waals surface area contributed by atoms with Crippen molar-refractivity contribution in [1.82, 2.24) is 5.32 Å². The average molecular weight is 296 g/mol. The van der Waals surface area contributed by atoms with E-state index in [2.05, 4.69) is 23.5 Å². The molecule has 0 amide bonds. The third-order valence-corrected chi connectivity index (χ3v) is 4.23. The molecule has 1 aromatic carbocycles. The molecule has 0 bridgehead atoms. The van der Waals surface area contributed by atoms with Crippen LogP contribution in [0, 0.1) is 0 Å². The van der Waals surface area contributed by atoms with Crippen LogP contribution in [0.4, 0.5) is 0 Å². The van der Waals surface area contributed by atoms with Crippen molar-refractivity contribution in [3.05, 3.63) is 51.2 Å². The zero-order valence-electron chi connectivity index (χ0n) is 11.2. The summed E-state index contributed by atoms with van der Waals surface area (Å²) >= 11 is 7.61. The quantitative estimate of drug-likeness (QED) is 0.858. The van der Waals surface area contributed by atoms with Gasteiger partial charge in [-0.3, -0.25) is 0 Å². The minimum atomic E-state index is 0.297. The van der Waals surface area contributed by atoms with Crippen molar-refractivity contribution in [2.45, 2.75) is 19.4 Å². The van der Waals surface area contributed by atoms with Crippen molar-refractivity contribution in [2.24, 2.45) is 0 Å². The molecule has 2 aromatic rings. The summed E-state index contributed by atoms with van der Waals surface area (Å²) in [5, 5.41) is 3.35. The van der Waals surface area contributed by atoms with Gasteiger partial charge in [-0.1, -0.05) is 23.7 Å². The maximum absolute atomic E-state index is 5.97.